The third-order valence-corrected chi connectivity index (χ3v) is 9.15. The first-order chi connectivity index (χ1) is 35.0. The largest absolute Gasteiger partial charge is 0.362 e. The van der Waals surface area contributed by atoms with Crippen LogP contribution >= 0.6 is 0 Å². The number of nitrogens with zero attached hydrogens (tertiary/aromatic N) is 9. The first-order valence-corrected chi connectivity index (χ1v) is 21.8. The molecule has 0 saturated heterocycles. The van der Waals surface area contributed by atoms with Crippen molar-refractivity contribution < 1.29 is 0 Å². The summed E-state index contributed by atoms with van der Waals surface area (Å²) in [5, 5.41) is 32.6. The van der Waals surface area contributed by atoms with Crippen molar-refractivity contribution in [3.05, 3.63) is 247 Å². The lowest BCUT2D eigenvalue weighted by Crippen LogP contribution is -2.31. The van der Waals surface area contributed by atoms with Gasteiger partial charge in [0.05, 0.1) is 41.9 Å². The second-order valence-electron chi connectivity index (χ2n) is 14.7. The zero-order chi connectivity index (χ0) is 51.2. The summed E-state index contributed by atoms with van der Waals surface area (Å²) in [5.74, 6) is 1.47. The van der Waals surface area contributed by atoms with Gasteiger partial charge in [-0.3, -0.25) is 21.7 Å². The topological polar surface area (TPSA) is 208 Å². The smallest absolute Gasteiger partial charge is 0.138 e. The first kappa shape index (κ1) is 52.4. The molecule has 8 aliphatic rings. The minimum absolute atomic E-state index is 0.586. The van der Waals surface area contributed by atoms with Crippen molar-refractivity contribution in [1.29, 1.82) is 0 Å². The molecule has 8 aliphatic heterocycles. The van der Waals surface area contributed by atoms with Gasteiger partial charge in [0, 0.05) is 64.4 Å². The molecule has 0 bridgehead atoms. The van der Waals surface area contributed by atoms with Gasteiger partial charge in [0.25, 0.3) is 0 Å². The van der Waals surface area contributed by atoms with Crippen LogP contribution in [0.15, 0.2) is 255 Å². The van der Waals surface area contributed by atoms with Crippen LogP contribution in [0, 0.1) is 0 Å². The van der Waals surface area contributed by atoms with Crippen LogP contribution in [0.25, 0.3) is 36.2 Å². The Morgan fingerprint density at radius 2 is 1.25 bits per heavy atom. The number of hydrogen-bond acceptors (Lipinski definition) is 17. The highest BCUT2D eigenvalue weighted by Gasteiger charge is 2.06. The van der Waals surface area contributed by atoms with Crippen molar-refractivity contribution in [1.82, 2.24) is 37.3 Å². The molecule has 0 aliphatic carbocycles. The molecule has 8 N–H and O–H groups in total. The molecule has 72 heavy (non-hydrogen) atoms. The van der Waals surface area contributed by atoms with Gasteiger partial charge >= 0.3 is 0 Å². The van der Waals surface area contributed by atoms with Crippen LogP contribution in [-0.4, -0.2) is 42.5 Å². The average Bonchev–Trinajstić information content (AvgIpc) is 3.41. The van der Waals surface area contributed by atoms with E-state index in [-0.39, 0.29) is 0 Å². The molecule has 360 valence electrons. The summed E-state index contributed by atoms with van der Waals surface area (Å²) < 4.78 is 0. The van der Waals surface area contributed by atoms with Crippen LogP contribution in [0.5, 0.6) is 0 Å². The van der Waals surface area contributed by atoms with Crippen molar-refractivity contribution in [2.45, 2.75) is 0 Å². The van der Waals surface area contributed by atoms with Crippen molar-refractivity contribution in [2.75, 3.05) is 10.6 Å². The van der Waals surface area contributed by atoms with E-state index in [0.29, 0.717) is 11.5 Å². The van der Waals surface area contributed by atoms with Crippen LogP contribution in [0.1, 0.15) is 22.3 Å². The predicted octanol–water partition coefficient (Wildman–Crippen LogP) is 8.56. The lowest BCUT2D eigenvalue weighted by molar-refractivity contribution is 0.816. The van der Waals surface area contributed by atoms with Crippen LogP contribution in [0.4, 0.5) is 11.5 Å². The van der Waals surface area contributed by atoms with Gasteiger partial charge in [-0.15, -0.1) is 5.11 Å². The fourth-order valence-electron chi connectivity index (χ4n) is 5.77. The highest BCUT2D eigenvalue weighted by atomic mass is 15.4. The van der Waals surface area contributed by atoms with Gasteiger partial charge in [-0.2, -0.15) is 15.3 Å². The number of hydrogen-bond donors (Lipinski definition) is 8. The van der Waals surface area contributed by atoms with E-state index in [9.17, 15) is 0 Å². The van der Waals surface area contributed by atoms with Crippen molar-refractivity contribution in [2.24, 2.45) is 40.6 Å². The summed E-state index contributed by atoms with van der Waals surface area (Å²) in [6.45, 7) is 29.4. The number of allylic oxidation sites excluding steroid dienone is 6. The van der Waals surface area contributed by atoms with Gasteiger partial charge in [0.2, 0.25) is 0 Å². The molecule has 17 heteroatoms. The normalized spacial score (nSPS) is 15.1. The Kier molecular flexibility index (Phi) is 21.3. The van der Waals surface area contributed by atoms with Gasteiger partial charge in [0.15, 0.2) is 0 Å². The van der Waals surface area contributed by atoms with Crippen LogP contribution < -0.4 is 53.4 Å². The van der Waals surface area contributed by atoms with E-state index in [1.165, 1.54) is 39.8 Å². The molecule has 0 spiro atoms. The standard InChI is InChI=1S/3C10H9N.C9H8N2.4C4H5N3/c1-8-6-9-4-2-3-5-10(9)7-11-8;1-8-10-5-3-2-4-9(10)6-7-11-8;1-8-6-7-9-4-2-3-5-10(9)11-8;1-7-4-5-8-3-2-6-10-9(8)11-7;1-4-2-6-7-3-5-4;1-4-2-5-3-6-7-4;1-4-5-2-3-6-7-4;1-4-2-3-5-7-6-4/h3*2-7,11H,1H2;2-6H,1H2,(H,10,11);2-3H,1H2,(H,5,7);2*2-3,7H,1H2;2-3H,1H2,(H,5,6). The van der Waals surface area contributed by atoms with E-state index in [2.05, 4.69) is 178 Å². The van der Waals surface area contributed by atoms with E-state index >= 15 is 0 Å². The number of para-hydroxylation sites is 1. The van der Waals surface area contributed by atoms with Gasteiger partial charge in [0.1, 0.15) is 24.3 Å². The van der Waals surface area contributed by atoms with Crippen molar-refractivity contribution >= 4 is 85.2 Å². The molecule has 9 heterocycles. The number of aromatic nitrogens is 1. The summed E-state index contributed by atoms with van der Waals surface area (Å²) in [4.78, 5) is 15.3. The molecule has 17 nitrogen and oxygen atoms in total. The van der Waals surface area contributed by atoms with E-state index in [0.717, 1.165) is 51.3 Å². The van der Waals surface area contributed by atoms with Gasteiger partial charge in [-0.05, 0) is 76.2 Å². The zero-order valence-corrected chi connectivity index (χ0v) is 39.6. The summed E-state index contributed by atoms with van der Waals surface area (Å²) in [5.41, 5.74) is 22.1. The van der Waals surface area contributed by atoms with E-state index in [1.54, 1.807) is 43.3 Å². The molecular formula is C55H55N17. The van der Waals surface area contributed by atoms with Gasteiger partial charge in [-0.25, -0.2) is 20.0 Å². The van der Waals surface area contributed by atoms with Crippen molar-refractivity contribution in [3.8, 4) is 0 Å². The minimum Gasteiger partial charge on any atom is -0.362 e. The fourth-order valence-corrected chi connectivity index (χ4v) is 5.77. The fraction of sp³-hybridized carbons (Fsp3) is 0. The second kappa shape index (κ2) is 29.3. The highest BCUT2D eigenvalue weighted by Crippen LogP contribution is 2.23. The SMILES string of the molecule is C=C1C=CN=NN1.C=C1C=Cc2ccccc2N1.C=C1C=Cc2cccnc2N1.C=C1C=NC=NN1.C=C1C=NNC=N1.C=C1C=c2ccccc2=CN1.C=C1N=CC=NN1.C=C1NC=Cc2ccccc21. The molecule has 12 rings (SSSR count). The minimum atomic E-state index is 0.586. The molecule has 0 radical (unpaired) electrons. The van der Waals surface area contributed by atoms with Gasteiger partial charge < -0.3 is 21.3 Å². The van der Waals surface area contributed by atoms with Gasteiger partial charge in [-0.1, -0.05) is 131 Å². The lowest BCUT2D eigenvalue weighted by Gasteiger charge is -2.13. The lowest BCUT2D eigenvalue weighted by atomic mass is 10.0. The molecule has 4 aromatic rings. The van der Waals surface area contributed by atoms with Crippen LogP contribution in [0.3, 0.4) is 0 Å². The summed E-state index contributed by atoms with van der Waals surface area (Å²) in [7, 11) is 0. The van der Waals surface area contributed by atoms with Crippen LogP contribution in [-0.2, 0) is 0 Å². The molecule has 0 atom stereocenters. The Bertz CT molecular complexity index is 2970. The number of aliphatic imine (C=N–C) groups is 3. The number of rotatable bonds is 0. The number of anilines is 2. The monoisotopic (exact) mass is 953 g/mol. The molecule has 1 aromatic heterocycles. The molecular weight excluding hydrogens is 899 g/mol. The maximum atomic E-state index is 4.15. The first-order valence-electron chi connectivity index (χ1n) is 21.8. The number of pyridine rings is 1. The van der Waals surface area contributed by atoms with E-state index in [1.807, 2.05) is 97.4 Å². The Balaban J connectivity index is 0.000000154. The Morgan fingerprint density at radius 1 is 0.514 bits per heavy atom. The average molecular weight is 954 g/mol. The Labute approximate surface area is 419 Å². The predicted molar refractivity (Wildman–Crippen MR) is 303 cm³/mol. The number of fused-ring (bicyclic) bond motifs is 4. The Morgan fingerprint density at radius 3 is 1.86 bits per heavy atom. The van der Waals surface area contributed by atoms with Crippen molar-refractivity contribution in [3.63, 3.8) is 0 Å². The molecule has 3 aromatic carbocycles. The number of hydrazone groups is 3. The van der Waals surface area contributed by atoms with E-state index < -0.39 is 0 Å². The number of nitrogens with one attached hydrogen (secondary N) is 8. The maximum Gasteiger partial charge on any atom is 0.138 e. The zero-order valence-electron chi connectivity index (χ0n) is 39.6. The summed E-state index contributed by atoms with van der Waals surface area (Å²) >= 11 is 0. The second-order valence-corrected chi connectivity index (χ2v) is 14.7. The molecule has 0 fully saturated rings. The summed E-state index contributed by atoms with van der Waals surface area (Å²) in [6.07, 6.45) is 30.2. The Hall–Kier alpha value is -10.6. The summed E-state index contributed by atoms with van der Waals surface area (Å²) in [6, 6.07) is 28.5. The third-order valence-electron chi connectivity index (χ3n) is 9.15. The quantitative estimate of drug-likeness (QED) is 0.0848. The highest BCUT2D eigenvalue weighted by molar-refractivity contribution is 6.16. The maximum absolute atomic E-state index is 4.15. The van der Waals surface area contributed by atoms with E-state index in [4.69, 9.17) is 0 Å². The number of benzene rings is 3. The third kappa shape index (κ3) is 19.4. The molecule has 0 saturated carbocycles. The molecule has 0 amide bonds. The van der Waals surface area contributed by atoms with Crippen LogP contribution in [0.2, 0.25) is 0 Å². The molecule has 0 unspecified atom stereocenters.